The lowest BCUT2D eigenvalue weighted by molar-refractivity contribution is -0.145. The molecule has 0 spiro atoms. The van der Waals surface area contributed by atoms with Gasteiger partial charge in [-0.15, -0.1) is 0 Å². The molecule has 0 aromatic heterocycles. The van der Waals surface area contributed by atoms with Crippen molar-refractivity contribution in [2.75, 3.05) is 0 Å². The highest BCUT2D eigenvalue weighted by atomic mass is 16.5. The standard InChI is InChI=1S/C26H52O2/c1-4-5-6-7-8-9-10-11-12-13-14-15-16-17-18-19-20-21-22-23-24-25(2)28-26(3)27/h25H,4-24H2,1-3H3. The van der Waals surface area contributed by atoms with Crippen LogP contribution in [0.3, 0.4) is 0 Å². The molecule has 0 aliphatic carbocycles. The van der Waals surface area contributed by atoms with E-state index in [-0.39, 0.29) is 12.1 Å². The average molecular weight is 397 g/mol. The highest BCUT2D eigenvalue weighted by molar-refractivity contribution is 5.66. The van der Waals surface area contributed by atoms with Gasteiger partial charge in [-0.05, 0) is 19.8 Å². The van der Waals surface area contributed by atoms with E-state index < -0.39 is 0 Å². The van der Waals surface area contributed by atoms with Gasteiger partial charge in [-0.2, -0.15) is 0 Å². The summed E-state index contributed by atoms with van der Waals surface area (Å²) in [6, 6.07) is 0. The Morgan fingerprint density at radius 1 is 0.571 bits per heavy atom. The van der Waals surface area contributed by atoms with Gasteiger partial charge < -0.3 is 4.74 Å². The third-order valence-corrected chi connectivity index (χ3v) is 5.83. The fraction of sp³-hybridized carbons (Fsp3) is 0.962. The van der Waals surface area contributed by atoms with Crippen LogP contribution in [-0.4, -0.2) is 12.1 Å². The first kappa shape index (κ1) is 27.5. The van der Waals surface area contributed by atoms with Crippen molar-refractivity contribution in [2.45, 2.75) is 162 Å². The molecule has 28 heavy (non-hydrogen) atoms. The second-order valence-electron chi connectivity index (χ2n) is 8.93. The van der Waals surface area contributed by atoms with E-state index >= 15 is 0 Å². The van der Waals surface area contributed by atoms with Gasteiger partial charge in [0.2, 0.25) is 0 Å². The molecule has 2 nitrogen and oxygen atoms in total. The Morgan fingerprint density at radius 2 is 0.857 bits per heavy atom. The molecule has 0 saturated carbocycles. The van der Waals surface area contributed by atoms with Crippen molar-refractivity contribution in [2.24, 2.45) is 0 Å². The molecule has 2 heteroatoms. The van der Waals surface area contributed by atoms with Crippen LogP contribution < -0.4 is 0 Å². The SMILES string of the molecule is CCCCCCCCCCCCCCCCCCCCCCC(C)OC(C)=O. The zero-order chi connectivity index (χ0) is 20.7. The van der Waals surface area contributed by atoms with Gasteiger partial charge in [0.25, 0.3) is 0 Å². The number of carbonyl (C=O) groups is 1. The average Bonchev–Trinajstić information content (AvgIpc) is 2.66. The fourth-order valence-corrected chi connectivity index (χ4v) is 4.03. The molecule has 0 aliphatic heterocycles. The molecule has 0 fully saturated rings. The first-order valence-corrected chi connectivity index (χ1v) is 12.8. The van der Waals surface area contributed by atoms with E-state index in [9.17, 15) is 4.79 Å². The van der Waals surface area contributed by atoms with Gasteiger partial charge in [0, 0.05) is 6.92 Å². The molecule has 0 heterocycles. The normalized spacial score (nSPS) is 12.2. The van der Waals surface area contributed by atoms with Crippen molar-refractivity contribution >= 4 is 5.97 Å². The third-order valence-electron chi connectivity index (χ3n) is 5.83. The van der Waals surface area contributed by atoms with Crippen LogP contribution in [0, 0.1) is 0 Å². The minimum atomic E-state index is -0.152. The van der Waals surface area contributed by atoms with E-state index in [1.807, 2.05) is 6.92 Å². The molecule has 0 bridgehead atoms. The van der Waals surface area contributed by atoms with E-state index in [4.69, 9.17) is 4.74 Å². The van der Waals surface area contributed by atoms with E-state index in [1.54, 1.807) is 0 Å². The summed E-state index contributed by atoms with van der Waals surface area (Å²) in [7, 11) is 0. The van der Waals surface area contributed by atoms with E-state index in [2.05, 4.69) is 6.92 Å². The van der Waals surface area contributed by atoms with E-state index in [0.717, 1.165) is 6.42 Å². The lowest BCUT2D eigenvalue weighted by Crippen LogP contribution is -2.11. The number of ether oxygens (including phenoxy) is 1. The molecule has 168 valence electrons. The van der Waals surface area contributed by atoms with Gasteiger partial charge in [0.15, 0.2) is 0 Å². The highest BCUT2D eigenvalue weighted by Gasteiger charge is 2.04. The monoisotopic (exact) mass is 396 g/mol. The molecular formula is C26H52O2. The van der Waals surface area contributed by atoms with Gasteiger partial charge in [-0.3, -0.25) is 4.79 Å². The summed E-state index contributed by atoms with van der Waals surface area (Å²) >= 11 is 0. The number of hydrogen-bond acceptors (Lipinski definition) is 2. The Bertz CT molecular complexity index is 314. The number of esters is 1. The Morgan fingerprint density at radius 3 is 1.14 bits per heavy atom. The maximum absolute atomic E-state index is 10.8. The lowest BCUT2D eigenvalue weighted by atomic mass is 10.0. The first-order chi connectivity index (χ1) is 13.7. The molecule has 1 unspecified atom stereocenters. The maximum atomic E-state index is 10.8. The van der Waals surface area contributed by atoms with Crippen LogP contribution in [0.1, 0.15) is 156 Å². The van der Waals surface area contributed by atoms with E-state index in [0.29, 0.717) is 0 Å². The predicted octanol–water partition coefficient (Wildman–Crippen LogP) is 9.15. The molecule has 0 rings (SSSR count). The zero-order valence-corrected chi connectivity index (χ0v) is 19.7. The smallest absolute Gasteiger partial charge is 0.302 e. The van der Waals surface area contributed by atoms with Crippen LogP contribution in [0.2, 0.25) is 0 Å². The molecule has 0 N–H and O–H groups in total. The quantitative estimate of drug-likeness (QED) is 0.135. The van der Waals surface area contributed by atoms with Crippen molar-refractivity contribution in [1.29, 1.82) is 0 Å². The second kappa shape index (κ2) is 22.8. The van der Waals surface area contributed by atoms with Crippen LogP contribution >= 0.6 is 0 Å². The van der Waals surface area contributed by atoms with Crippen LogP contribution in [0.5, 0.6) is 0 Å². The number of hydrogen-bond donors (Lipinski definition) is 0. The summed E-state index contributed by atoms with van der Waals surface area (Å²) in [4.78, 5) is 10.8. The van der Waals surface area contributed by atoms with Crippen molar-refractivity contribution in [3.8, 4) is 0 Å². The Hall–Kier alpha value is -0.530. The van der Waals surface area contributed by atoms with Crippen molar-refractivity contribution in [3.63, 3.8) is 0 Å². The zero-order valence-electron chi connectivity index (χ0n) is 19.7. The van der Waals surface area contributed by atoms with Crippen molar-refractivity contribution in [1.82, 2.24) is 0 Å². The lowest BCUT2D eigenvalue weighted by Gasteiger charge is -2.11. The molecule has 0 radical (unpaired) electrons. The Balaban J connectivity index is 3.06. The summed E-state index contributed by atoms with van der Waals surface area (Å²) in [5.41, 5.74) is 0. The van der Waals surface area contributed by atoms with Gasteiger partial charge in [0.05, 0.1) is 6.10 Å². The van der Waals surface area contributed by atoms with E-state index in [1.165, 1.54) is 135 Å². The summed E-state index contributed by atoms with van der Waals surface area (Å²) in [5, 5.41) is 0. The van der Waals surface area contributed by atoms with Crippen LogP contribution in [0.4, 0.5) is 0 Å². The topological polar surface area (TPSA) is 26.3 Å². The summed E-state index contributed by atoms with van der Waals surface area (Å²) in [5.74, 6) is -0.152. The molecule has 0 aromatic rings. The van der Waals surface area contributed by atoms with Crippen molar-refractivity contribution in [3.05, 3.63) is 0 Å². The van der Waals surface area contributed by atoms with Crippen molar-refractivity contribution < 1.29 is 9.53 Å². The molecule has 0 aliphatic rings. The highest BCUT2D eigenvalue weighted by Crippen LogP contribution is 2.15. The van der Waals surface area contributed by atoms with Gasteiger partial charge in [-0.25, -0.2) is 0 Å². The summed E-state index contributed by atoms with van der Waals surface area (Å²) in [6.45, 7) is 5.78. The van der Waals surface area contributed by atoms with Gasteiger partial charge in [0.1, 0.15) is 0 Å². The minimum Gasteiger partial charge on any atom is -0.463 e. The molecule has 1 atom stereocenters. The van der Waals surface area contributed by atoms with Crippen LogP contribution in [-0.2, 0) is 9.53 Å². The van der Waals surface area contributed by atoms with Crippen LogP contribution in [0.15, 0.2) is 0 Å². The Labute approximate surface area is 177 Å². The molecule has 0 amide bonds. The van der Waals surface area contributed by atoms with Gasteiger partial charge >= 0.3 is 5.97 Å². The number of carbonyl (C=O) groups excluding carboxylic acids is 1. The first-order valence-electron chi connectivity index (χ1n) is 12.8. The predicted molar refractivity (Wildman–Crippen MR) is 124 cm³/mol. The van der Waals surface area contributed by atoms with Gasteiger partial charge in [-0.1, -0.05) is 129 Å². The third kappa shape index (κ3) is 23.5. The number of unbranched alkanes of at least 4 members (excludes halogenated alkanes) is 19. The molecule has 0 saturated heterocycles. The largest absolute Gasteiger partial charge is 0.463 e. The summed E-state index contributed by atoms with van der Waals surface area (Å²) < 4.78 is 5.15. The number of rotatable bonds is 22. The second-order valence-corrected chi connectivity index (χ2v) is 8.93. The summed E-state index contributed by atoms with van der Waals surface area (Å²) in [6.07, 6.45) is 29.4. The van der Waals surface area contributed by atoms with Crippen LogP contribution in [0.25, 0.3) is 0 Å². The maximum Gasteiger partial charge on any atom is 0.302 e. The molecule has 0 aromatic carbocycles. The molecular weight excluding hydrogens is 344 g/mol. The Kier molecular flexibility index (Phi) is 22.3. The minimum absolute atomic E-state index is 0.0908. The fourth-order valence-electron chi connectivity index (χ4n) is 4.03.